The summed E-state index contributed by atoms with van der Waals surface area (Å²) in [6.45, 7) is 5.56. The van der Waals surface area contributed by atoms with Crippen molar-refractivity contribution in [3.63, 3.8) is 0 Å². The second-order valence-corrected chi connectivity index (χ2v) is 2.99. The summed E-state index contributed by atoms with van der Waals surface area (Å²) in [4.78, 5) is 13.0. The first-order valence-corrected chi connectivity index (χ1v) is 4.28. The van der Waals surface area contributed by atoms with Crippen molar-refractivity contribution in [3.8, 4) is 0 Å². The van der Waals surface area contributed by atoms with Crippen LogP contribution < -0.4 is 4.90 Å². The van der Waals surface area contributed by atoms with Gasteiger partial charge in [-0.05, 0) is 25.5 Å². The molecule has 1 amide bonds. The second-order valence-electron chi connectivity index (χ2n) is 2.99. The van der Waals surface area contributed by atoms with E-state index in [1.807, 2.05) is 31.2 Å². The van der Waals surface area contributed by atoms with Gasteiger partial charge in [0.1, 0.15) is 0 Å². The van der Waals surface area contributed by atoms with Gasteiger partial charge in [-0.15, -0.1) is 0 Å². The van der Waals surface area contributed by atoms with Crippen molar-refractivity contribution in [2.24, 2.45) is 0 Å². The Hall–Kier alpha value is -1.31. The number of benzene rings is 1. The zero-order valence-corrected chi connectivity index (χ0v) is 8.08. The topological polar surface area (TPSA) is 20.3 Å². The van der Waals surface area contributed by atoms with Gasteiger partial charge in [0.25, 0.3) is 0 Å². The standard InChI is InChI=1S/C11H14NO/c1-4-11(13)12(3)10-8-6-5-7-9(10)2/h5-8H,1,4H2,2-3H3. The fourth-order valence-corrected chi connectivity index (χ4v) is 1.24. The lowest BCUT2D eigenvalue weighted by atomic mass is 10.2. The van der Waals surface area contributed by atoms with E-state index in [0.29, 0.717) is 6.42 Å². The lowest BCUT2D eigenvalue weighted by molar-refractivity contribution is -0.117. The Labute approximate surface area is 79.2 Å². The molecule has 0 aliphatic carbocycles. The zero-order chi connectivity index (χ0) is 9.84. The Balaban J connectivity index is 2.95. The van der Waals surface area contributed by atoms with Crippen LogP contribution in [0, 0.1) is 13.8 Å². The second kappa shape index (κ2) is 4.08. The Morgan fingerprint density at radius 2 is 2.08 bits per heavy atom. The van der Waals surface area contributed by atoms with Gasteiger partial charge in [0.15, 0.2) is 0 Å². The van der Waals surface area contributed by atoms with Crippen LogP contribution in [0.25, 0.3) is 0 Å². The van der Waals surface area contributed by atoms with Gasteiger partial charge < -0.3 is 4.90 Å². The van der Waals surface area contributed by atoms with E-state index in [1.165, 1.54) is 0 Å². The smallest absolute Gasteiger partial charge is 0.226 e. The highest BCUT2D eigenvalue weighted by atomic mass is 16.2. The van der Waals surface area contributed by atoms with Gasteiger partial charge in [-0.25, -0.2) is 0 Å². The Morgan fingerprint density at radius 3 is 2.62 bits per heavy atom. The molecule has 1 radical (unpaired) electrons. The van der Waals surface area contributed by atoms with E-state index in [9.17, 15) is 4.79 Å². The first-order valence-electron chi connectivity index (χ1n) is 4.28. The molecule has 1 aromatic rings. The minimum absolute atomic E-state index is 0.0364. The number of hydrogen-bond donors (Lipinski definition) is 0. The van der Waals surface area contributed by atoms with E-state index in [2.05, 4.69) is 6.92 Å². The summed E-state index contributed by atoms with van der Waals surface area (Å²) >= 11 is 0. The molecule has 0 bridgehead atoms. The van der Waals surface area contributed by atoms with E-state index in [-0.39, 0.29) is 5.91 Å². The summed E-state index contributed by atoms with van der Waals surface area (Å²) in [5, 5.41) is 0. The van der Waals surface area contributed by atoms with Crippen molar-refractivity contribution < 1.29 is 4.79 Å². The number of anilines is 1. The van der Waals surface area contributed by atoms with Crippen molar-refractivity contribution in [1.29, 1.82) is 0 Å². The molecular formula is C11H14NO. The number of aryl methyl sites for hydroxylation is 1. The Kier molecular flexibility index (Phi) is 3.07. The van der Waals surface area contributed by atoms with Gasteiger partial charge in [-0.3, -0.25) is 4.79 Å². The predicted octanol–water partition coefficient (Wildman–Crippen LogP) is 2.18. The summed E-state index contributed by atoms with van der Waals surface area (Å²) in [7, 11) is 1.77. The SMILES string of the molecule is [CH2]CC(=O)N(C)c1ccccc1C. The molecule has 0 saturated carbocycles. The molecule has 0 heterocycles. The van der Waals surface area contributed by atoms with E-state index >= 15 is 0 Å². The fourth-order valence-electron chi connectivity index (χ4n) is 1.24. The van der Waals surface area contributed by atoms with E-state index < -0.39 is 0 Å². The molecule has 0 spiro atoms. The van der Waals surface area contributed by atoms with Crippen molar-refractivity contribution >= 4 is 11.6 Å². The third kappa shape index (κ3) is 2.08. The minimum atomic E-state index is 0.0364. The quantitative estimate of drug-likeness (QED) is 0.676. The zero-order valence-electron chi connectivity index (χ0n) is 8.08. The van der Waals surface area contributed by atoms with Crippen LogP contribution in [0.1, 0.15) is 12.0 Å². The highest BCUT2D eigenvalue weighted by Gasteiger charge is 2.09. The van der Waals surface area contributed by atoms with Crippen LogP contribution in [0.15, 0.2) is 24.3 Å². The number of para-hydroxylation sites is 1. The van der Waals surface area contributed by atoms with Crippen LogP contribution >= 0.6 is 0 Å². The predicted molar refractivity (Wildman–Crippen MR) is 54.6 cm³/mol. The van der Waals surface area contributed by atoms with Gasteiger partial charge in [-0.1, -0.05) is 18.2 Å². The summed E-state index contributed by atoms with van der Waals surface area (Å²) in [5.41, 5.74) is 2.06. The molecule has 1 aromatic carbocycles. The molecule has 0 saturated heterocycles. The largest absolute Gasteiger partial charge is 0.315 e. The maximum Gasteiger partial charge on any atom is 0.226 e. The van der Waals surface area contributed by atoms with Crippen LogP contribution in [0.4, 0.5) is 5.69 Å². The highest BCUT2D eigenvalue weighted by molar-refractivity contribution is 5.93. The van der Waals surface area contributed by atoms with Crippen molar-refractivity contribution in [2.45, 2.75) is 13.3 Å². The third-order valence-electron chi connectivity index (χ3n) is 2.06. The van der Waals surface area contributed by atoms with Crippen molar-refractivity contribution in [3.05, 3.63) is 36.8 Å². The number of nitrogens with zero attached hydrogens (tertiary/aromatic N) is 1. The lowest BCUT2D eigenvalue weighted by Crippen LogP contribution is -2.25. The van der Waals surface area contributed by atoms with Crippen LogP contribution in [-0.2, 0) is 4.79 Å². The molecule has 69 valence electrons. The number of carbonyl (C=O) groups is 1. The van der Waals surface area contributed by atoms with Crippen LogP contribution in [-0.4, -0.2) is 13.0 Å². The molecule has 2 nitrogen and oxygen atoms in total. The lowest BCUT2D eigenvalue weighted by Gasteiger charge is -2.18. The highest BCUT2D eigenvalue weighted by Crippen LogP contribution is 2.18. The average Bonchev–Trinajstić information content (AvgIpc) is 2.16. The third-order valence-corrected chi connectivity index (χ3v) is 2.06. The minimum Gasteiger partial charge on any atom is -0.315 e. The first kappa shape index (κ1) is 9.78. The van der Waals surface area contributed by atoms with E-state index in [4.69, 9.17) is 0 Å². The van der Waals surface area contributed by atoms with Crippen LogP contribution in [0.2, 0.25) is 0 Å². The number of rotatable bonds is 2. The van der Waals surface area contributed by atoms with E-state index in [0.717, 1.165) is 11.3 Å². The number of hydrogen-bond acceptors (Lipinski definition) is 1. The van der Waals surface area contributed by atoms with Crippen molar-refractivity contribution in [2.75, 3.05) is 11.9 Å². The molecule has 0 N–H and O–H groups in total. The molecule has 0 atom stereocenters. The molecule has 0 aliphatic rings. The van der Waals surface area contributed by atoms with Gasteiger partial charge in [0.2, 0.25) is 5.91 Å². The first-order chi connectivity index (χ1) is 6.16. The van der Waals surface area contributed by atoms with Gasteiger partial charge in [0.05, 0.1) is 0 Å². The fraction of sp³-hybridized carbons (Fsp3) is 0.273. The molecule has 0 unspecified atom stereocenters. The van der Waals surface area contributed by atoms with E-state index in [1.54, 1.807) is 11.9 Å². The number of carbonyl (C=O) groups excluding carboxylic acids is 1. The maximum absolute atomic E-state index is 11.3. The molecule has 1 rings (SSSR count). The normalized spacial score (nSPS) is 9.77. The molecule has 0 aromatic heterocycles. The summed E-state index contributed by atoms with van der Waals surface area (Å²) in [6, 6.07) is 7.81. The maximum atomic E-state index is 11.3. The van der Waals surface area contributed by atoms with Gasteiger partial charge in [-0.2, -0.15) is 0 Å². The monoisotopic (exact) mass is 176 g/mol. The molecule has 0 aliphatic heterocycles. The van der Waals surface area contributed by atoms with Gasteiger partial charge in [0, 0.05) is 19.2 Å². The Morgan fingerprint density at radius 1 is 1.46 bits per heavy atom. The van der Waals surface area contributed by atoms with Crippen LogP contribution in [0.3, 0.4) is 0 Å². The molecular weight excluding hydrogens is 162 g/mol. The molecule has 13 heavy (non-hydrogen) atoms. The Bertz CT molecular complexity index is 307. The summed E-state index contributed by atoms with van der Waals surface area (Å²) in [6.07, 6.45) is 0.296. The van der Waals surface area contributed by atoms with Gasteiger partial charge >= 0.3 is 0 Å². The molecule has 0 fully saturated rings. The van der Waals surface area contributed by atoms with Crippen molar-refractivity contribution in [1.82, 2.24) is 0 Å². The summed E-state index contributed by atoms with van der Waals surface area (Å²) < 4.78 is 0. The molecule has 2 heteroatoms. The van der Waals surface area contributed by atoms with Crippen LogP contribution in [0.5, 0.6) is 0 Å². The summed E-state index contributed by atoms with van der Waals surface area (Å²) in [5.74, 6) is 0.0364. The average molecular weight is 176 g/mol. The number of amides is 1.